The zero-order valence-corrected chi connectivity index (χ0v) is 9.03. The van der Waals surface area contributed by atoms with Gasteiger partial charge in [-0.25, -0.2) is 9.48 Å². The number of benzene rings is 1. The molecule has 1 aromatic heterocycles. The molecule has 0 fully saturated rings. The van der Waals surface area contributed by atoms with Gasteiger partial charge in [0.25, 0.3) is 0 Å². The molecule has 6 nitrogen and oxygen atoms in total. The van der Waals surface area contributed by atoms with Gasteiger partial charge in [0.2, 0.25) is 5.69 Å². The Morgan fingerprint density at radius 2 is 2.06 bits per heavy atom. The highest BCUT2D eigenvalue weighted by Gasteiger charge is 2.20. The van der Waals surface area contributed by atoms with E-state index < -0.39 is 5.97 Å². The average molecular weight is 231 g/mol. The minimum atomic E-state index is -0.686. The van der Waals surface area contributed by atoms with Crippen molar-refractivity contribution in [3.05, 3.63) is 41.7 Å². The van der Waals surface area contributed by atoms with Crippen LogP contribution in [-0.2, 0) is 4.74 Å². The maximum Gasteiger partial charge on any atom is 0.361 e. The molecule has 86 valence electrons. The lowest BCUT2D eigenvalue weighted by Crippen LogP contribution is -2.07. The molecule has 0 aliphatic carbocycles. The number of para-hydroxylation sites is 1. The molecule has 0 saturated heterocycles. The molecule has 0 atom stereocenters. The predicted octanol–water partition coefficient (Wildman–Crippen LogP) is 0.866. The van der Waals surface area contributed by atoms with Gasteiger partial charge in [-0.3, -0.25) is 4.79 Å². The van der Waals surface area contributed by atoms with Gasteiger partial charge in [-0.2, -0.15) is 0 Å². The molecule has 1 heterocycles. The van der Waals surface area contributed by atoms with E-state index in [2.05, 4.69) is 15.0 Å². The number of aromatic nitrogens is 3. The lowest BCUT2D eigenvalue weighted by atomic mass is 10.3. The fraction of sp³-hybridized carbons (Fsp3) is 0.0909. The van der Waals surface area contributed by atoms with Crippen LogP contribution < -0.4 is 0 Å². The summed E-state index contributed by atoms with van der Waals surface area (Å²) in [4.78, 5) is 22.3. The number of carbonyl (C=O) groups is 2. The van der Waals surface area contributed by atoms with Gasteiger partial charge in [-0.15, -0.1) is 5.10 Å². The minimum Gasteiger partial charge on any atom is -0.464 e. The number of rotatable bonds is 3. The molecular formula is C11H9N3O3. The van der Waals surface area contributed by atoms with Crippen LogP contribution in [0.25, 0.3) is 5.69 Å². The Balaban J connectivity index is 2.54. The van der Waals surface area contributed by atoms with Crippen molar-refractivity contribution < 1.29 is 14.3 Å². The first-order valence-electron chi connectivity index (χ1n) is 4.82. The zero-order chi connectivity index (χ0) is 12.3. The average Bonchev–Trinajstić information content (AvgIpc) is 2.82. The first-order chi connectivity index (χ1) is 8.27. The number of esters is 1. The van der Waals surface area contributed by atoms with E-state index in [0.29, 0.717) is 12.0 Å². The van der Waals surface area contributed by atoms with Crippen molar-refractivity contribution in [2.75, 3.05) is 7.11 Å². The molecule has 0 bridgehead atoms. The summed E-state index contributed by atoms with van der Waals surface area (Å²) in [6, 6.07) is 8.93. The Labute approximate surface area is 96.8 Å². The van der Waals surface area contributed by atoms with Crippen LogP contribution in [0.1, 0.15) is 21.0 Å². The molecule has 0 aliphatic heterocycles. The van der Waals surface area contributed by atoms with E-state index in [1.165, 1.54) is 11.8 Å². The van der Waals surface area contributed by atoms with Crippen molar-refractivity contribution in [2.24, 2.45) is 0 Å². The van der Waals surface area contributed by atoms with Gasteiger partial charge in [0.05, 0.1) is 12.8 Å². The molecular weight excluding hydrogens is 222 g/mol. The molecule has 0 amide bonds. The normalized spacial score (nSPS) is 9.94. The first-order valence-corrected chi connectivity index (χ1v) is 4.82. The van der Waals surface area contributed by atoms with Crippen LogP contribution in [0.2, 0.25) is 0 Å². The van der Waals surface area contributed by atoms with Crippen molar-refractivity contribution in [1.82, 2.24) is 15.0 Å². The molecule has 0 saturated carbocycles. The molecule has 1 aromatic carbocycles. The zero-order valence-electron chi connectivity index (χ0n) is 9.03. The minimum absolute atomic E-state index is 0.0723. The maximum atomic E-state index is 11.3. The largest absolute Gasteiger partial charge is 0.464 e. The lowest BCUT2D eigenvalue weighted by Gasteiger charge is -2.01. The lowest BCUT2D eigenvalue weighted by molar-refractivity contribution is 0.0591. The summed E-state index contributed by atoms with van der Waals surface area (Å²) in [6.45, 7) is 0. The summed E-state index contributed by atoms with van der Waals surface area (Å²) in [5.74, 6) is -0.686. The number of ether oxygens (including phenoxy) is 1. The van der Waals surface area contributed by atoms with Gasteiger partial charge in [0, 0.05) is 0 Å². The van der Waals surface area contributed by atoms with E-state index >= 15 is 0 Å². The Kier molecular flexibility index (Phi) is 2.95. The molecule has 0 radical (unpaired) electrons. The third kappa shape index (κ3) is 1.92. The summed E-state index contributed by atoms with van der Waals surface area (Å²) in [5.41, 5.74) is 0.631. The van der Waals surface area contributed by atoms with Crippen molar-refractivity contribution in [1.29, 1.82) is 0 Å². The van der Waals surface area contributed by atoms with Crippen molar-refractivity contribution in [2.45, 2.75) is 0 Å². The summed E-state index contributed by atoms with van der Waals surface area (Å²) in [7, 11) is 1.22. The third-order valence-electron chi connectivity index (χ3n) is 2.20. The highest BCUT2D eigenvalue weighted by Crippen LogP contribution is 2.11. The predicted molar refractivity (Wildman–Crippen MR) is 58.1 cm³/mol. The van der Waals surface area contributed by atoms with Gasteiger partial charge in [-0.05, 0) is 12.1 Å². The second-order valence-electron chi connectivity index (χ2n) is 3.18. The van der Waals surface area contributed by atoms with Crippen LogP contribution in [0.4, 0.5) is 0 Å². The van der Waals surface area contributed by atoms with Crippen molar-refractivity contribution >= 4 is 12.3 Å². The van der Waals surface area contributed by atoms with Crippen LogP contribution in [0.15, 0.2) is 30.3 Å². The number of nitrogens with zero attached hydrogens (tertiary/aromatic N) is 3. The fourth-order valence-electron chi connectivity index (χ4n) is 1.40. The molecule has 0 N–H and O–H groups in total. The van der Waals surface area contributed by atoms with Crippen LogP contribution in [-0.4, -0.2) is 34.4 Å². The Bertz CT molecular complexity index is 548. The molecule has 0 aliphatic rings. The molecule has 2 rings (SSSR count). The van der Waals surface area contributed by atoms with E-state index in [4.69, 9.17) is 0 Å². The van der Waals surface area contributed by atoms with Crippen LogP contribution in [0.5, 0.6) is 0 Å². The van der Waals surface area contributed by atoms with Crippen LogP contribution in [0, 0.1) is 0 Å². The van der Waals surface area contributed by atoms with E-state index in [1.54, 1.807) is 24.3 Å². The Hall–Kier alpha value is -2.50. The monoisotopic (exact) mass is 231 g/mol. The highest BCUT2D eigenvalue weighted by atomic mass is 16.5. The second kappa shape index (κ2) is 4.56. The molecule has 6 heteroatoms. The van der Waals surface area contributed by atoms with Gasteiger partial charge in [-0.1, -0.05) is 23.4 Å². The maximum absolute atomic E-state index is 11.3. The molecule has 0 unspecified atom stereocenters. The van der Waals surface area contributed by atoms with Gasteiger partial charge < -0.3 is 4.74 Å². The van der Waals surface area contributed by atoms with Crippen LogP contribution >= 0.6 is 0 Å². The standard InChI is InChI=1S/C11H9N3O3/c1-17-11(16)10-9(7-15)14(13-12-10)8-5-3-2-4-6-8/h2-7H,1H3. The molecule has 2 aromatic rings. The number of hydrogen-bond acceptors (Lipinski definition) is 5. The van der Waals surface area contributed by atoms with Crippen LogP contribution in [0.3, 0.4) is 0 Å². The summed E-state index contributed by atoms with van der Waals surface area (Å²) < 4.78 is 5.81. The summed E-state index contributed by atoms with van der Waals surface area (Å²) >= 11 is 0. The van der Waals surface area contributed by atoms with E-state index in [1.807, 2.05) is 6.07 Å². The SMILES string of the molecule is COC(=O)c1nnn(-c2ccccc2)c1C=O. The highest BCUT2D eigenvalue weighted by molar-refractivity contribution is 5.95. The number of aldehydes is 1. The first kappa shape index (κ1) is 11.0. The van der Waals surface area contributed by atoms with E-state index in [-0.39, 0.29) is 11.4 Å². The van der Waals surface area contributed by atoms with E-state index in [0.717, 1.165) is 0 Å². The Morgan fingerprint density at radius 3 is 2.65 bits per heavy atom. The third-order valence-corrected chi connectivity index (χ3v) is 2.20. The Morgan fingerprint density at radius 1 is 1.35 bits per heavy atom. The van der Waals surface area contributed by atoms with Gasteiger partial charge >= 0.3 is 5.97 Å². The number of carbonyl (C=O) groups excluding carboxylic acids is 2. The topological polar surface area (TPSA) is 74.1 Å². The molecule has 17 heavy (non-hydrogen) atoms. The molecule has 0 spiro atoms. The van der Waals surface area contributed by atoms with E-state index in [9.17, 15) is 9.59 Å². The number of hydrogen-bond donors (Lipinski definition) is 0. The second-order valence-corrected chi connectivity index (χ2v) is 3.18. The summed E-state index contributed by atoms with van der Waals surface area (Å²) in [6.07, 6.45) is 0.527. The summed E-state index contributed by atoms with van der Waals surface area (Å²) in [5, 5.41) is 7.40. The van der Waals surface area contributed by atoms with Crippen molar-refractivity contribution in [3.8, 4) is 5.69 Å². The number of methoxy groups -OCH3 is 1. The quantitative estimate of drug-likeness (QED) is 0.578. The fourth-order valence-corrected chi connectivity index (χ4v) is 1.40. The smallest absolute Gasteiger partial charge is 0.361 e. The van der Waals surface area contributed by atoms with Crippen molar-refractivity contribution in [3.63, 3.8) is 0 Å². The van der Waals surface area contributed by atoms with Gasteiger partial charge in [0.15, 0.2) is 6.29 Å². The van der Waals surface area contributed by atoms with Gasteiger partial charge in [0.1, 0.15) is 5.69 Å².